The number of hydrogen-bond donors (Lipinski definition) is 2. The average molecular weight is 502 g/mol. The Bertz CT molecular complexity index is 1130. The fourth-order valence-electron chi connectivity index (χ4n) is 3.95. The van der Waals surface area contributed by atoms with Crippen LogP contribution in [-0.4, -0.2) is 30.1 Å². The average Bonchev–Trinajstić information content (AvgIpc) is 2.95. The summed E-state index contributed by atoms with van der Waals surface area (Å²) in [6.45, 7) is 10.8. The quantitative estimate of drug-likeness (QED) is 0.453. The van der Waals surface area contributed by atoms with E-state index in [1.54, 1.807) is 12.4 Å². The van der Waals surface area contributed by atoms with Crippen LogP contribution in [0.2, 0.25) is 0 Å². The third-order valence-electron chi connectivity index (χ3n) is 5.61. The summed E-state index contributed by atoms with van der Waals surface area (Å²) in [7, 11) is 0. The molecule has 7 nitrogen and oxygen atoms in total. The van der Waals surface area contributed by atoms with Gasteiger partial charge in [-0.15, -0.1) is 12.8 Å². The van der Waals surface area contributed by atoms with E-state index in [0.29, 0.717) is 12.1 Å². The van der Waals surface area contributed by atoms with Gasteiger partial charge in [0.25, 0.3) is 5.91 Å². The molecule has 2 heterocycles. The van der Waals surface area contributed by atoms with Crippen LogP contribution in [0.5, 0.6) is 5.75 Å². The fourth-order valence-corrected chi connectivity index (χ4v) is 3.95. The number of ether oxygens (including phenoxy) is 1. The highest BCUT2D eigenvalue weighted by molar-refractivity contribution is 5.94. The molecule has 2 aromatic carbocycles. The molecular formula is C30H35N3O4. The molecule has 2 N–H and O–H groups in total. The first-order chi connectivity index (χ1) is 17.9. The lowest BCUT2D eigenvalue weighted by Gasteiger charge is -2.38. The number of nitrogens with zero attached hydrogens (tertiary/aromatic N) is 1. The molecule has 7 heteroatoms. The summed E-state index contributed by atoms with van der Waals surface area (Å²) >= 11 is 0. The molecule has 0 saturated carbocycles. The molecule has 4 rings (SSSR count). The van der Waals surface area contributed by atoms with E-state index in [9.17, 15) is 4.79 Å². The number of terminal acetylenes is 1. The van der Waals surface area contributed by atoms with Crippen molar-refractivity contribution in [3.63, 3.8) is 0 Å². The Morgan fingerprint density at radius 1 is 1.05 bits per heavy atom. The zero-order valence-corrected chi connectivity index (χ0v) is 21.7. The minimum absolute atomic E-state index is 0.0531. The van der Waals surface area contributed by atoms with Crippen molar-refractivity contribution >= 4 is 25.2 Å². The van der Waals surface area contributed by atoms with E-state index >= 15 is 0 Å². The number of pyridine rings is 1. The van der Waals surface area contributed by atoms with Gasteiger partial charge >= 0.3 is 0 Å². The van der Waals surface area contributed by atoms with Crippen LogP contribution in [0, 0.1) is 12.8 Å². The number of nitrogens with one attached hydrogen (secondary N) is 2. The minimum atomic E-state index is -0.294. The number of carbonyl (C=O) groups excluding carboxylic acids is 3. The lowest BCUT2D eigenvalue weighted by Crippen LogP contribution is -2.37. The van der Waals surface area contributed by atoms with E-state index in [2.05, 4.69) is 73.5 Å². The maximum Gasteiger partial charge on any atom is 0.251 e. The van der Waals surface area contributed by atoms with Crippen molar-refractivity contribution in [2.24, 2.45) is 0 Å². The normalized spacial score (nSPS) is 14.2. The smallest absolute Gasteiger partial charge is 0.251 e. The molecule has 1 atom stereocenters. The van der Waals surface area contributed by atoms with Crippen molar-refractivity contribution in [3.8, 4) is 18.6 Å². The number of fused-ring (bicyclic) bond motifs is 1. The molecule has 0 fully saturated rings. The van der Waals surface area contributed by atoms with E-state index < -0.39 is 0 Å². The topological polar surface area (TPSA) is 97.4 Å². The number of benzene rings is 2. The molecule has 0 bridgehead atoms. The summed E-state index contributed by atoms with van der Waals surface area (Å²) < 4.78 is 6.21. The van der Waals surface area contributed by atoms with Crippen molar-refractivity contribution < 1.29 is 19.1 Å². The van der Waals surface area contributed by atoms with Gasteiger partial charge in [0.15, 0.2) is 0 Å². The van der Waals surface area contributed by atoms with Crippen molar-refractivity contribution in [2.45, 2.75) is 51.8 Å². The number of anilines is 1. The van der Waals surface area contributed by atoms with Gasteiger partial charge in [-0.05, 0) is 67.8 Å². The molecule has 1 aromatic heterocycles. The number of carbonyl (C=O) groups is 3. The second-order valence-electron chi connectivity index (χ2n) is 8.61. The minimum Gasteiger partial charge on any atom is -0.487 e. The van der Waals surface area contributed by atoms with Crippen LogP contribution in [0.15, 0.2) is 67.0 Å². The van der Waals surface area contributed by atoms with Crippen LogP contribution in [0.1, 0.15) is 60.3 Å². The Kier molecular flexibility index (Phi) is 12.8. The third kappa shape index (κ3) is 8.93. The number of aromatic nitrogens is 1. The van der Waals surface area contributed by atoms with E-state index in [4.69, 9.17) is 14.3 Å². The Labute approximate surface area is 219 Å². The van der Waals surface area contributed by atoms with Gasteiger partial charge in [0.2, 0.25) is 0 Å². The van der Waals surface area contributed by atoms with E-state index in [0.717, 1.165) is 35.4 Å². The first-order valence-corrected chi connectivity index (χ1v) is 11.7. The SMILES string of the molecule is C#C.C=O.C=O.CCc1ccc(N[C@H]2CC(C)(C)Oc3ccc(C(=O)NCc4cccnc4)cc32)cc1. The molecule has 1 amide bonds. The van der Waals surface area contributed by atoms with Crippen molar-refractivity contribution in [2.75, 3.05) is 5.32 Å². The molecule has 0 aliphatic carbocycles. The largest absolute Gasteiger partial charge is 0.487 e. The Balaban J connectivity index is 0.00000106. The monoisotopic (exact) mass is 501 g/mol. The first-order valence-electron chi connectivity index (χ1n) is 11.7. The first kappa shape index (κ1) is 30.6. The Morgan fingerprint density at radius 3 is 2.32 bits per heavy atom. The zero-order valence-electron chi connectivity index (χ0n) is 21.7. The highest BCUT2D eigenvalue weighted by Gasteiger charge is 2.34. The third-order valence-corrected chi connectivity index (χ3v) is 5.61. The summed E-state index contributed by atoms with van der Waals surface area (Å²) in [5, 5.41) is 6.62. The molecule has 0 radical (unpaired) electrons. The molecule has 3 aromatic rings. The standard InChI is InChI=1S/C26H29N3O2.C2H2.2CH2O/c1-4-18-7-10-21(11-8-18)29-23-15-26(2,3)31-24-12-9-20(14-22(23)24)25(30)28-17-19-6-5-13-27-16-19;3*1-2/h5-14,16,23,29H,4,15,17H2,1-3H3,(H,28,30);1-2H;2*1H2/t23-;;;/m0.../s1. The molecule has 37 heavy (non-hydrogen) atoms. The molecule has 1 aliphatic heterocycles. The summed E-state index contributed by atoms with van der Waals surface area (Å²) in [6, 6.07) is 18.1. The molecule has 194 valence electrons. The predicted molar refractivity (Wildman–Crippen MR) is 147 cm³/mol. The summed E-state index contributed by atoms with van der Waals surface area (Å²) in [5.74, 6) is 0.713. The molecule has 0 unspecified atom stereocenters. The fraction of sp³-hybridized carbons (Fsp3) is 0.267. The van der Waals surface area contributed by atoms with Crippen LogP contribution in [0.4, 0.5) is 5.69 Å². The lowest BCUT2D eigenvalue weighted by atomic mass is 9.88. The van der Waals surface area contributed by atoms with Gasteiger partial charge in [-0.1, -0.05) is 25.1 Å². The van der Waals surface area contributed by atoms with Gasteiger partial charge in [0.05, 0.1) is 6.04 Å². The summed E-state index contributed by atoms with van der Waals surface area (Å²) in [4.78, 5) is 32.9. The maximum atomic E-state index is 12.8. The number of hydrogen-bond acceptors (Lipinski definition) is 6. The number of amides is 1. The van der Waals surface area contributed by atoms with Crippen LogP contribution >= 0.6 is 0 Å². The van der Waals surface area contributed by atoms with Crippen LogP contribution < -0.4 is 15.4 Å². The molecule has 1 aliphatic rings. The summed E-state index contributed by atoms with van der Waals surface area (Å²) in [5.41, 5.74) is 4.68. The van der Waals surface area contributed by atoms with Gasteiger partial charge in [0.1, 0.15) is 24.9 Å². The highest BCUT2D eigenvalue weighted by Crippen LogP contribution is 2.41. The molecule has 0 spiro atoms. The van der Waals surface area contributed by atoms with Gasteiger partial charge in [0, 0.05) is 42.2 Å². The van der Waals surface area contributed by atoms with Crippen LogP contribution in [0.25, 0.3) is 0 Å². The maximum absolute atomic E-state index is 12.8. The van der Waals surface area contributed by atoms with E-state index in [1.165, 1.54) is 5.56 Å². The van der Waals surface area contributed by atoms with Gasteiger partial charge in [-0.3, -0.25) is 9.78 Å². The molecule has 0 saturated heterocycles. The second-order valence-corrected chi connectivity index (χ2v) is 8.61. The van der Waals surface area contributed by atoms with Crippen molar-refractivity contribution in [1.82, 2.24) is 10.3 Å². The van der Waals surface area contributed by atoms with Crippen LogP contribution in [0.3, 0.4) is 0 Å². The van der Waals surface area contributed by atoms with E-state index in [-0.39, 0.29) is 17.6 Å². The number of rotatable bonds is 6. The lowest BCUT2D eigenvalue weighted by molar-refractivity contribution is -0.0987. The summed E-state index contributed by atoms with van der Waals surface area (Å²) in [6.07, 6.45) is 13.3. The van der Waals surface area contributed by atoms with Gasteiger partial charge < -0.3 is 25.0 Å². The zero-order chi connectivity index (χ0) is 27.8. The highest BCUT2D eigenvalue weighted by atomic mass is 16.5. The molecular weight excluding hydrogens is 466 g/mol. The van der Waals surface area contributed by atoms with Gasteiger partial charge in [-0.2, -0.15) is 0 Å². The van der Waals surface area contributed by atoms with Gasteiger partial charge in [-0.25, -0.2) is 0 Å². The predicted octanol–water partition coefficient (Wildman–Crippen LogP) is 5.17. The van der Waals surface area contributed by atoms with E-state index in [1.807, 2.05) is 43.9 Å². The number of aryl methyl sites for hydroxylation is 1. The Hall–Kier alpha value is -4.44. The van der Waals surface area contributed by atoms with Crippen LogP contribution in [-0.2, 0) is 22.6 Å². The Morgan fingerprint density at radius 2 is 1.73 bits per heavy atom. The van der Waals surface area contributed by atoms with Crippen molar-refractivity contribution in [3.05, 3.63) is 89.2 Å². The van der Waals surface area contributed by atoms with Crippen molar-refractivity contribution in [1.29, 1.82) is 0 Å². The second kappa shape index (κ2) is 15.5.